The Morgan fingerprint density at radius 2 is 1.64 bits per heavy atom. The van der Waals surface area contributed by atoms with E-state index in [0.717, 1.165) is 27.5 Å². The van der Waals surface area contributed by atoms with Gasteiger partial charge in [0.1, 0.15) is 0 Å². The molecule has 4 rings (SSSR count). The van der Waals surface area contributed by atoms with E-state index in [-0.39, 0.29) is 6.03 Å². The number of urea groups is 1. The molecule has 4 aromatic rings. The van der Waals surface area contributed by atoms with Gasteiger partial charge < -0.3 is 5.32 Å². The standard InChI is InChI=1S/C20H16N4O/c1-24(17-8-6-14-4-2-3-5-15(14)12-17)20(25)23-16-7-9-18-19(13-16)22-11-10-21-18/h2-13H,1H3,(H,23,25). The molecule has 1 aromatic heterocycles. The Hall–Kier alpha value is -3.47. The van der Waals surface area contributed by atoms with Crippen molar-refractivity contribution in [1.82, 2.24) is 9.97 Å². The number of hydrogen-bond donors (Lipinski definition) is 1. The number of carbonyl (C=O) groups excluding carboxylic acids is 1. The molecule has 0 spiro atoms. The van der Waals surface area contributed by atoms with Gasteiger partial charge in [-0.05, 0) is 41.1 Å². The lowest BCUT2D eigenvalue weighted by atomic mass is 10.1. The molecule has 0 aliphatic rings. The third kappa shape index (κ3) is 2.99. The molecule has 0 saturated carbocycles. The molecule has 0 aliphatic heterocycles. The molecule has 5 heteroatoms. The average Bonchev–Trinajstić information content (AvgIpc) is 2.67. The predicted molar refractivity (Wildman–Crippen MR) is 101 cm³/mol. The topological polar surface area (TPSA) is 58.1 Å². The van der Waals surface area contributed by atoms with Crippen LogP contribution in [0.1, 0.15) is 0 Å². The molecule has 0 aliphatic carbocycles. The molecule has 0 bridgehead atoms. The Morgan fingerprint density at radius 3 is 2.48 bits per heavy atom. The summed E-state index contributed by atoms with van der Waals surface area (Å²) in [6.45, 7) is 0. The molecule has 0 saturated heterocycles. The predicted octanol–water partition coefficient (Wildman–Crippen LogP) is 4.45. The van der Waals surface area contributed by atoms with Crippen LogP contribution in [0, 0.1) is 0 Å². The summed E-state index contributed by atoms with van der Waals surface area (Å²) in [5.41, 5.74) is 3.06. The van der Waals surface area contributed by atoms with Crippen molar-refractivity contribution in [3.05, 3.63) is 73.1 Å². The van der Waals surface area contributed by atoms with Crippen molar-refractivity contribution in [1.29, 1.82) is 0 Å². The van der Waals surface area contributed by atoms with Gasteiger partial charge in [0.05, 0.1) is 11.0 Å². The van der Waals surface area contributed by atoms with Crippen molar-refractivity contribution >= 4 is 39.2 Å². The summed E-state index contributed by atoms with van der Waals surface area (Å²) >= 11 is 0. The summed E-state index contributed by atoms with van der Waals surface area (Å²) in [5.74, 6) is 0. The summed E-state index contributed by atoms with van der Waals surface area (Å²) in [5, 5.41) is 5.14. The van der Waals surface area contributed by atoms with Crippen molar-refractivity contribution in [3.63, 3.8) is 0 Å². The molecule has 2 amide bonds. The van der Waals surface area contributed by atoms with Gasteiger partial charge in [-0.25, -0.2) is 4.79 Å². The second-order valence-electron chi connectivity index (χ2n) is 5.78. The number of hydrogen-bond acceptors (Lipinski definition) is 3. The molecule has 1 heterocycles. The number of benzene rings is 3. The summed E-state index contributed by atoms with van der Waals surface area (Å²) in [6, 6.07) is 19.3. The van der Waals surface area contributed by atoms with Gasteiger partial charge in [0.25, 0.3) is 0 Å². The number of anilines is 2. The third-order valence-electron chi connectivity index (χ3n) is 4.15. The molecule has 0 radical (unpaired) electrons. The number of fused-ring (bicyclic) bond motifs is 2. The van der Waals surface area contributed by atoms with E-state index in [0.29, 0.717) is 5.69 Å². The van der Waals surface area contributed by atoms with Crippen LogP contribution in [0.2, 0.25) is 0 Å². The summed E-state index contributed by atoms with van der Waals surface area (Å²) < 4.78 is 0. The molecular formula is C20H16N4O. The van der Waals surface area contributed by atoms with Crippen LogP contribution in [0.4, 0.5) is 16.2 Å². The molecular weight excluding hydrogens is 312 g/mol. The monoisotopic (exact) mass is 328 g/mol. The van der Waals surface area contributed by atoms with Gasteiger partial charge in [-0.2, -0.15) is 0 Å². The van der Waals surface area contributed by atoms with Crippen LogP contribution in [0.15, 0.2) is 73.1 Å². The third-order valence-corrected chi connectivity index (χ3v) is 4.15. The van der Waals surface area contributed by atoms with Gasteiger partial charge in [-0.15, -0.1) is 0 Å². The van der Waals surface area contributed by atoms with E-state index in [1.807, 2.05) is 54.6 Å². The van der Waals surface area contributed by atoms with E-state index in [1.54, 1.807) is 24.3 Å². The number of amides is 2. The smallest absolute Gasteiger partial charge is 0.307 e. The van der Waals surface area contributed by atoms with Crippen molar-refractivity contribution < 1.29 is 4.79 Å². The maximum Gasteiger partial charge on any atom is 0.326 e. The minimum atomic E-state index is -0.210. The quantitative estimate of drug-likeness (QED) is 0.591. The van der Waals surface area contributed by atoms with Gasteiger partial charge in [-0.3, -0.25) is 14.9 Å². The maximum atomic E-state index is 12.6. The number of rotatable bonds is 2. The van der Waals surface area contributed by atoms with E-state index in [4.69, 9.17) is 0 Å². The van der Waals surface area contributed by atoms with E-state index in [9.17, 15) is 4.79 Å². The molecule has 0 fully saturated rings. The van der Waals surface area contributed by atoms with Crippen LogP contribution < -0.4 is 10.2 Å². The first-order chi connectivity index (χ1) is 12.2. The van der Waals surface area contributed by atoms with Gasteiger partial charge in [0.2, 0.25) is 0 Å². The summed E-state index contributed by atoms with van der Waals surface area (Å²) in [4.78, 5) is 22.6. The SMILES string of the molecule is CN(C(=O)Nc1ccc2nccnc2c1)c1ccc2ccccc2c1. The molecule has 1 N–H and O–H groups in total. The Balaban J connectivity index is 1.57. The highest BCUT2D eigenvalue weighted by Crippen LogP contribution is 2.22. The van der Waals surface area contributed by atoms with Crippen molar-refractivity contribution in [3.8, 4) is 0 Å². The maximum absolute atomic E-state index is 12.6. The number of nitrogens with zero attached hydrogens (tertiary/aromatic N) is 3. The van der Waals surface area contributed by atoms with Crippen LogP contribution >= 0.6 is 0 Å². The number of aromatic nitrogens is 2. The zero-order chi connectivity index (χ0) is 17.2. The highest BCUT2D eigenvalue weighted by atomic mass is 16.2. The second kappa shape index (κ2) is 6.20. The zero-order valence-electron chi connectivity index (χ0n) is 13.7. The largest absolute Gasteiger partial charge is 0.326 e. The Morgan fingerprint density at radius 1 is 0.880 bits per heavy atom. The van der Waals surface area contributed by atoms with Crippen molar-refractivity contribution in [2.45, 2.75) is 0 Å². The second-order valence-corrected chi connectivity index (χ2v) is 5.78. The van der Waals surface area contributed by atoms with Crippen molar-refractivity contribution in [2.24, 2.45) is 0 Å². The average molecular weight is 328 g/mol. The molecule has 5 nitrogen and oxygen atoms in total. The normalized spacial score (nSPS) is 10.8. The lowest BCUT2D eigenvalue weighted by Gasteiger charge is -2.18. The minimum Gasteiger partial charge on any atom is -0.307 e. The fraction of sp³-hybridized carbons (Fsp3) is 0.0500. The Kier molecular flexibility index (Phi) is 3.74. The van der Waals surface area contributed by atoms with Crippen molar-refractivity contribution in [2.75, 3.05) is 17.3 Å². The molecule has 122 valence electrons. The lowest BCUT2D eigenvalue weighted by molar-refractivity contribution is 0.258. The molecule has 3 aromatic carbocycles. The zero-order valence-corrected chi connectivity index (χ0v) is 13.7. The first-order valence-electron chi connectivity index (χ1n) is 7.95. The fourth-order valence-electron chi connectivity index (χ4n) is 2.75. The highest BCUT2D eigenvalue weighted by molar-refractivity contribution is 6.03. The van der Waals surface area contributed by atoms with Gasteiger partial charge in [0, 0.05) is 30.8 Å². The van der Waals surface area contributed by atoms with Crippen LogP contribution in [-0.4, -0.2) is 23.0 Å². The fourth-order valence-corrected chi connectivity index (χ4v) is 2.75. The van der Waals surface area contributed by atoms with Crippen LogP contribution in [0.25, 0.3) is 21.8 Å². The van der Waals surface area contributed by atoms with E-state index in [1.165, 1.54) is 0 Å². The minimum absolute atomic E-state index is 0.210. The lowest BCUT2D eigenvalue weighted by Crippen LogP contribution is -2.31. The van der Waals surface area contributed by atoms with Gasteiger partial charge in [-0.1, -0.05) is 30.3 Å². The van der Waals surface area contributed by atoms with Crippen LogP contribution in [0.3, 0.4) is 0 Å². The summed E-state index contributed by atoms with van der Waals surface area (Å²) in [7, 11) is 1.75. The summed E-state index contributed by atoms with van der Waals surface area (Å²) in [6.07, 6.45) is 3.28. The molecule has 0 atom stereocenters. The van der Waals surface area contributed by atoms with Gasteiger partial charge >= 0.3 is 6.03 Å². The molecule has 0 unspecified atom stereocenters. The van der Waals surface area contributed by atoms with E-state index < -0.39 is 0 Å². The Labute approximate surface area is 144 Å². The Bertz CT molecular complexity index is 1080. The van der Waals surface area contributed by atoms with Gasteiger partial charge in [0.15, 0.2) is 0 Å². The number of carbonyl (C=O) groups is 1. The first-order valence-corrected chi connectivity index (χ1v) is 7.95. The molecule has 25 heavy (non-hydrogen) atoms. The van der Waals surface area contributed by atoms with Crippen LogP contribution in [-0.2, 0) is 0 Å². The van der Waals surface area contributed by atoms with E-state index >= 15 is 0 Å². The first kappa shape index (κ1) is 15.1. The highest BCUT2D eigenvalue weighted by Gasteiger charge is 2.12. The van der Waals surface area contributed by atoms with Crippen LogP contribution in [0.5, 0.6) is 0 Å². The number of nitrogens with one attached hydrogen (secondary N) is 1. The van der Waals surface area contributed by atoms with E-state index in [2.05, 4.69) is 21.4 Å².